The van der Waals surface area contributed by atoms with Crippen molar-refractivity contribution in [2.24, 2.45) is 0 Å². The Morgan fingerprint density at radius 1 is 0.867 bits per heavy atom. The molecule has 0 aliphatic rings. The Kier molecular flexibility index (Phi) is 2.86. The van der Waals surface area contributed by atoms with Crippen LogP contribution in [0.15, 0.2) is 54.6 Å². The number of benzene rings is 2. The molecule has 15 heavy (non-hydrogen) atoms. The van der Waals surface area contributed by atoms with Crippen LogP contribution in [0.25, 0.3) is 0 Å². The molecule has 0 heterocycles. The van der Waals surface area contributed by atoms with E-state index < -0.39 is 0 Å². The van der Waals surface area contributed by atoms with Gasteiger partial charge >= 0.3 is 0 Å². The van der Waals surface area contributed by atoms with Gasteiger partial charge in [0.25, 0.3) is 0 Å². The molecule has 2 rings (SSSR count). The predicted molar refractivity (Wildman–Crippen MR) is 64.9 cm³/mol. The van der Waals surface area contributed by atoms with E-state index in [2.05, 4.69) is 56.3 Å². The van der Waals surface area contributed by atoms with Gasteiger partial charge < -0.3 is 0 Å². The van der Waals surface area contributed by atoms with E-state index in [0.717, 1.165) is 5.56 Å². The molecule has 2 aromatic rings. The summed E-state index contributed by atoms with van der Waals surface area (Å²) < 4.78 is 0. The maximum absolute atomic E-state index is 4.07. The zero-order chi connectivity index (χ0) is 10.7. The standard InChI is InChI=1S/C15H15/c1-12-8-6-7-11-15(12)13(2)14-9-4-3-5-10-14/h3-11,13H,1H2,2H3/t13-/m1/s1. The molecule has 0 N–H and O–H groups in total. The molecule has 0 saturated carbocycles. The fraction of sp³-hybridized carbons (Fsp3) is 0.133. The topological polar surface area (TPSA) is 0 Å². The van der Waals surface area contributed by atoms with Crippen LogP contribution in [0.1, 0.15) is 29.5 Å². The summed E-state index contributed by atoms with van der Waals surface area (Å²) in [7, 11) is 0. The molecular weight excluding hydrogens is 180 g/mol. The summed E-state index contributed by atoms with van der Waals surface area (Å²) in [5.74, 6) is 0.417. The highest BCUT2D eigenvalue weighted by atomic mass is 14.1. The maximum Gasteiger partial charge on any atom is 0.00637 e. The SMILES string of the molecule is [CH2]c1ccccc1[C@H](C)c1ccccc1. The molecule has 0 bridgehead atoms. The second-order valence-electron chi connectivity index (χ2n) is 3.83. The molecule has 0 spiro atoms. The summed E-state index contributed by atoms with van der Waals surface area (Å²) in [5.41, 5.74) is 3.77. The van der Waals surface area contributed by atoms with E-state index in [1.807, 2.05) is 12.1 Å². The molecule has 0 aliphatic heterocycles. The number of hydrogen-bond acceptors (Lipinski definition) is 0. The minimum Gasteiger partial charge on any atom is -0.0622 e. The highest BCUT2D eigenvalue weighted by Crippen LogP contribution is 2.25. The van der Waals surface area contributed by atoms with Gasteiger partial charge in [-0.3, -0.25) is 0 Å². The van der Waals surface area contributed by atoms with E-state index in [-0.39, 0.29) is 0 Å². The normalized spacial score (nSPS) is 12.4. The molecule has 1 radical (unpaired) electrons. The molecule has 0 aromatic heterocycles. The van der Waals surface area contributed by atoms with Gasteiger partial charge in [-0.1, -0.05) is 61.5 Å². The first-order valence-corrected chi connectivity index (χ1v) is 5.25. The van der Waals surface area contributed by atoms with Crippen LogP contribution in [0, 0.1) is 6.92 Å². The Hall–Kier alpha value is -1.56. The zero-order valence-corrected chi connectivity index (χ0v) is 8.98. The summed E-state index contributed by atoms with van der Waals surface area (Å²) >= 11 is 0. The van der Waals surface area contributed by atoms with Crippen molar-refractivity contribution in [2.75, 3.05) is 0 Å². The lowest BCUT2D eigenvalue weighted by molar-refractivity contribution is 0.916. The second kappa shape index (κ2) is 4.31. The van der Waals surface area contributed by atoms with Gasteiger partial charge in [0.1, 0.15) is 0 Å². The van der Waals surface area contributed by atoms with Crippen LogP contribution in [0.3, 0.4) is 0 Å². The van der Waals surface area contributed by atoms with Crippen LogP contribution < -0.4 is 0 Å². The fourth-order valence-electron chi connectivity index (χ4n) is 1.88. The monoisotopic (exact) mass is 195 g/mol. The van der Waals surface area contributed by atoms with Crippen molar-refractivity contribution in [3.63, 3.8) is 0 Å². The molecule has 75 valence electrons. The van der Waals surface area contributed by atoms with Crippen LogP contribution >= 0.6 is 0 Å². The van der Waals surface area contributed by atoms with Crippen molar-refractivity contribution in [1.82, 2.24) is 0 Å². The van der Waals surface area contributed by atoms with Crippen molar-refractivity contribution >= 4 is 0 Å². The van der Waals surface area contributed by atoms with Crippen LogP contribution in [0.5, 0.6) is 0 Å². The van der Waals surface area contributed by atoms with E-state index in [4.69, 9.17) is 0 Å². The van der Waals surface area contributed by atoms with Gasteiger partial charge in [0.2, 0.25) is 0 Å². The van der Waals surface area contributed by atoms with Crippen LogP contribution in [0.4, 0.5) is 0 Å². The molecule has 0 aliphatic carbocycles. The first-order chi connectivity index (χ1) is 7.29. The van der Waals surface area contributed by atoms with Crippen LogP contribution in [-0.4, -0.2) is 0 Å². The lowest BCUT2D eigenvalue weighted by Crippen LogP contribution is -1.97. The summed E-state index contributed by atoms with van der Waals surface area (Å²) in [4.78, 5) is 0. The Balaban J connectivity index is 2.37. The predicted octanol–water partition coefficient (Wildman–Crippen LogP) is 4.02. The van der Waals surface area contributed by atoms with Crippen LogP contribution in [0.2, 0.25) is 0 Å². The first-order valence-electron chi connectivity index (χ1n) is 5.25. The van der Waals surface area contributed by atoms with E-state index in [1.54, 1.807) is 0 Å². The summed E-state index contributed by atoms with van der Waals surface area (Å²) in [6, 6.07) is 18.9. The Morgan fingerprint density at radius 3 is 2.13 bits per heavy atom. The van der Waals surface area contributed by atoms with E-state index in [0.29, 0.717) is 5.92 Å². The van der Waals surface area contributed by atoms with Crippen molar-refractivity contribution in [2.45, 2.75) is 12.8 Å². The molecule has 2 aromatic carbocycles. The van der Waals surface area contributed by atoms with E-state index in [9.17, 15) is 0 Å². The van der Waals surface area contributed by atoms with Gasteiger partial charge in [0.05, 0.1) is 0 Å². The Morgan fingerprint density at radius 2 is 1.47 bits per heavy atom. The molecule has 0 unspecified atom stereocenters. The van der Waals surface area contributed by atoms with Gasteiger partial charge in [-0.05, 0) is 23.6 Å². The van der Waals surface area contributed by atoms with Crippen molar-refractivity contribution < 1.29 is 0 Å². The number of rotatable bonds is 2. The van der Waals surface area contributed by atoms with Gasteiger partial charge in [0, 0.05) is 5.92 Å². The quantitative estimate of drug-likeness (QED) is 0.679. The Bertz CT molecular complexity index is 429. The van der Waals surface area contributed by atoms with Gasteiger partial charge in [0.15, 0.2) is 0 Å². The molecular formula is C15H15. The third-order valence-electron chi connectivity index (χ3n) is 2.82. The molecule has 0 amide bonds. The highest BCUT2D eigenvalue weighted by Gasteiger charge is 2.09. The summed E-state index contributed by atoms with van der Waals surface area (Å²) in [5, 5.41) is 0. The summed E-state index contributed by atoms with van der Waals surface area (Å²) in [6.45, 7) is 6.29. The third kappa shape index (κ3) is 2.10. The van der Waals surface area contributed by atoms with Crippen molar-refractivity contribution in [3.8, 4) is 0 Å². The maximum atomic E-state index is 4.07. The highest BCUT2D eigenvalue weighted by molar-refractivity contribution is 5.38. The molecule has 0 nitrogen and oxygen atoms in total. The van der Waals surface area contributed by atoms with E-state index >= 15 is 0 Å². The summed E-state index contributed by atoms with van der Waals surface area (Å²) in [6.07, 6.45) is 0. The number of hydrogen-bond donors (Lipinski definition) is 0. The largest absolute Gasteiger partial charge is 0.0622 e. The lowest BCUT2D eigenvalue weighted by atomic mass is 9.90. The molecule has 1 atom stereocenters. The Labute approximate surface area is 91.6 Å². The minimum atomic E-state index is 0.417. The fourth-order valence-corrected chi connectivity index (χ4v) is 1.88. The average molecular weight is 195 g/mol. The first kappa shape index (κ1) is 9.97. The van der Waals surface area contributed by atoms with Gasteiger partial charge in [-0.15, -0.1) is 0 Å². The zero-order valence-electron chi connectivity index (χ0n) is 8.98. The molecule has 0 heteroatoms. The van der Waals surface area contributed by atoms with Crippen molar-refractivity contribution in [1.29, 1.82) is 0 Å². The second-order valence-corrected chi connectivity index (χ2v) is 3.83. The van der Waals surface area contributed by atoms with Crippen molar-refractivity contribution in [3.05, 3.63) is 78.2 Å². The third-order valence-corrected chi connectivity index (χ3v) is 2.82. The molecule has 0 fully saturated rings. The smallest absolute Gasteiger partial charge is 0.00637 e. The average Bonchev–Trinajstić information content (AvgIpc) is 2.30. The van der Waals surface area contributed by atoms with E-state index in [1.165, 1.54) is 11.1 Å². The van der Waals surface area contributed by atoms with Gasteiger partial charge in [-0.2, -0.15) is 0 Å². The molecule has 0 saturated heterocycles. The van der Waals surface area contributed by atoms with Gasteiger partial charge in [-0.25, -0.2) is 0 Å². The lowest BCUT2D eigenvalue weighted by Gasteiger charge is -2.14. The van der Waals surface area contributed by atoms with Crippen LogP contribution in [-0.2, 0) is 0 Å². The minimum absolute atomic E-state index is 0.417.